The van der Waals surface area contributed by atoms with Gasteiger partial charge in [-0.1, -0.05) is 42.5 Å². The third-order valence-corrected chi connectivity index (χ3v) is 2.99. The highest BCUT2D eigenvalue weighted by molar-refractivity contribution is 5.91. The van der Waals surface area contributed by atoms with Crippen LogP contribution in [0.5, 0.6) is 0 Å². The van der Waals surface area contributed by atoms with Crippen molar-refractivity contribution in [2.45, 2.75) is 6.92 Å². The van der Waals surface area contributed by atoms with Crippen molar-refractivity contribution in [1.29, 1.82) is 0 Å². The third kappa shape index (κ3) is 1.70. The summed E-state index contributed by atoms with van der Waals surface area (Å²) >= 11 is 0. The normalized spacial score (nSPS) is 10.7. The highest BCUT2D eigenvalue weighted by Gasteiger charge is 2.08. The molecule has 2 aromatic carbocycles. The number of nitrogen functional groups attached to an aromatic ring is 1. The highest BCUT2D eigenvalue weighted by atomic mass is 14.9. The Labute approximate surface area is 105 Å². The number of aromatic nitrogens is 2. The summed E-state index contributed by atoms with van der Waals surface area (Å²) in [7, 11) is 0. The molecule has 1 aromatic heterocycles. The summed E-state index contributed by atoms with van der Waals surface area (Å²) in [5.74, 6) is 1.21. The lowest BCUT2D eigenvalue weighted by Gasteiger charge is -2.07. The van der Waals surface area contributed by atoms with Crippen molar-refractivity contribution in [2.24, 2.45) is 0 Å². The number of para-hydroxylation sites is 1. The van der Waals surface area contributed by atoms with E-state index in [1.165, 1.54) is 0 Å². The molecule has 0 amide bonds. The van der Waals surface area contributed by atoms with Crippen LogP contribution >= 0.6 is 0 Å². The van der Waals surface area contributed by atoms with Gasteiger partial charge in [0, 0.05) is 10.9 Å². The lowest BCUT2D eigenvalue weighted by atomic mass is 10.1. The maximum absolute atomic E-state index is 6.01. The van der Waals surface area contributed by atoms with E-state index in [9.17, 15) is 0 Å². The smallest absolute Gasteiger partial charge is 0.162 e. The van der Waals surface area contributed by atoms with Crippen LogP contribution in [0.4, 0.5) is 5.82 Å². The Morgan fingerprint density at radius 1 is 0.889 bits per heavy atom. The lowest BCUT2D eigenvalue weighted by Crippen LogP contribution is -1.98. The van der Waals surface area contributed by atoms with E-state index in [4.69, 9.17) is 5.73 Å². The zero-order chi connectivity index (χ0) is 12.5. The summed E-state index contributed by atoms with van der Waals surface area (Å²) in [5.41, 5.74) is 9.02. The Hall–Kier alpha value is -2.42. The molecule has 0 radical (unpaired) electrons. The summed E-state index contributed by atoms with van der Waals surface area (Å²) in [5, 5.41) is 0.912. The number of hydrogen-bond donors (Lipinski definition) is 1. The second-order valence-electron chi connectivity index (χ2n) is 4.27. The Balaban J connectivity index is 2.31. The summed E-state index contributed by atoms with van der Waals surface area (Å²) in [6, 6.07) is 15.8. The van der Waals surface area contributed by atoms with E-state index in [2.05, 4.69) is 9.97 Å². The van der Waals surface area contributed by atoms with Crippen LogP contribution in [0.2, 0.25) is 0 Å². The first-order chi connectivity index (χ1) is 8.75. The van der Waals surface area contributed by atoms with Gasteiger partial charge in [0.15, 0.2) is 5.82 Å². The molecule has 1 heterocycles. The fourth-order valence-electron chi connectivity index (χ4n) is 2.04. The minimum atomic E-state index is 0.530. The Kier molecular flexibility index (Phi) is 2.45. The van der Waals surface area contributed by atoms with E-state index in [1.54, 1.807) is 0 Å². The fourth-order valence-corrected chi connectivity index (χ4v) is 2.04. The van der Waals surface area contributed by atoms with Gasteiger partial charge in [-0.25, -0.2) is 9.97 Å². The number of aryl methyl sites for hydroxylation is 1. The van der Waals surface area contributed by atoms with Crippen molar-refractivity contribution >= 4 is 16.7 Å². The molecule has 3 heteroatoms. The minimum Gasteiger partial charge on any atom is -0.383 e. The number of nitrogens with two attached hydrogens (primary N) is 1. The molecule has 3 nitrogen and oxygen atoms in total. The van der Waals surface area contributed by atoms with Gasteiger partial charge in [0.2, 0.25) is 0 Å². The molecule has 3 aromatic rings. The molecule has 0 bridgehead atoms. The second kappa shape index (κ2) is 4.11. The second-order valence-corrected chi connectivity index (χ2v) is 4.27. The standard InChI is InChI=1S/C15H13N3/c1-10-6-5-9-12-13(10)17-15(18-14(12)16)11-7-3-2-4-8-11/h2-9H,1H3,(H2,16,17,18). The van der Waals surface area contributed by atoms with E-state index >= 15 is 0 Å². The Bertz CT molecular complexity index is 706. The topological polar surface area (TPSA) is 51.8 Å². The highest BCUT2D eigenvalue weighted by Crippen LogP contribution is 2.24. The van der Waals surface area contributed by atoms with Gasteiger partial charge in [0.1, 0.15) is 5.82 Å². The number of rotatable bonds is 1. The summed E-state index contributed by atoms with van der Waals surface area (Å²) < 4.78 is 0. The van der Waals surface area contributed by atoms with Crippen LogP contribution in [0.15, 0.2) is 48.5 Å². The van der Waals surface area contributed by atoms with Crippen LogP contribution in [-0.2, 0) is 0 Å². The molecule has 0 fully saturated rings. The minimum absolute atomic E-state index is 0.530. The van der Waals surface area contributed by atoms with Crippen LogP contribution in [0.3, 0.4) is 0 Å². The molecule has 0 aliphatic rings. The van der Waals surface area contributed by atoms with Gasteiger partial charge >= 0.3 is 0 Å². The first-order valence-corrected chi connectivity index (χ1v) is 5.84. The molecular formula is C15H13N3. The molecule has 88 valence electrons. The van der Waals surface area contributed by atoms with Crippen molar-refractivity contribution < 1.29 is 0 Å². The summed E-state index contributed by atoms with van der Waals surface area (Å²) in [6.45, 7) is 2.03. The Morgan fingerprint density at radius 2 is 1.67 bits per heavy atom. The average molecular weight is 235 g/mol. The van der Waals surface area contributed by atoms with Crippen LogP contribution in [0, 0.1) is 6.92 Å². The van der Waals surface area contributed by atoms with Crippen LogP contribution < -0.4 is 5.73 Å². The SMILES string of the molecule is Cc1cccc2c(N)nc(-c3ccccc3)nc12. The lowest BCUT2D eigenvalue weighted by molar-refractivity contribution is 1.22. The van der Waals surface area contributed by atoms with E-state index in [0.717, 1.165) is 22.0 Å². The van der Waals surface area contributed by atoms with Crippen molar-refractivity contribution in [3.63, 3.8) is 0 Å². The molecule has 0 unspecified atom stereocenters. The molecule has 0 spiro atoms. The van der Waals surface area contributed by atoms with E-state index < -0.39 is 0 Å². The summed E-state index contributed by atoms with van der Waals surface area (Å²) in [4.78, 5) is 8.99. The third-order valence-electron chi connectivity index (χ3n) is 2.99. The van der Waals surface area contributed by atoms with Gasteiger partial charge in [-0.05, 0) is 18.6 Å². The number of anilines is 1. The van der Waals surface area contributed by atoms with Crippen molar-refractivity contribution in [2.75, 3.05) is 5.73 Å². The predicted molar refractivity (Wildman–Crippen MR) is 74.1 cm³/mol. The zero-order valence-electron chi connectivity index (χ0n) is 10.1. The van der Waals surface area contributed by atoms with Gasteiger partial charge < -0.3 is 5.73 Å². The maximum atomic E-state index is 6.01. The Morgan fingerprint density at radius 3 is 2.44 bits per heavy atom. The maximum Gasteiger partial charge on any atom is 0.162 e. The molecule has 18 heavy (non-hydrogen) atoms. The van der Waals surface area contributed by atoms with E-state index in [0.29, 0.717) is 11.6 Å². The van der Waals surface area contributed by atoms with Gasteiger partial charge in [0.05, 0.1) is 5.52 Å². The van der Waals surface area contributed by atoms with E-state index in [-0.39, 0.29) is 0 Å². The zero-order valence-corrected chi connectivity index (χ0v) is 10.1. The van der Waals surface area contributed by atoms with Crippen molar-refractivity contribution in [1.82, 2.24) is 9.97 Å². The molecule has 0 atom stereocenters. The first kappa shape index (κ1) is 10.7. The fraction of sp³-hybridized carbons (Fsp3) is 0.0667. The van der Waals surface area contributed by atoms with Gasteiger partial charge in [-0.2, -0.15) is 0 Å². The predicted octanol–water partition coefficient (Wildman–Crippen LogP) is 3.19. The van der Waals surface area contributed by atoms with Crippen LogP contribution in [-0.4, -0.2) is 9.97 Å². The van der Waals surface area contributed by atoms with Crippen molar-refractivity contribution in [3.05, 3.63) is 54.1 Å². The van der Waals surface area contributed by atoms with Crippen molar-refractivity contribution in [3.8, 4) is 11.4 Å². The first-order valence-electron chi connectivity index (χ1n) is 5.84. The number of benzene rings is 2. The summed E-state index contributed by atoms with van der Waals surface area (Å²) in [6.07, 6.45) is 0. The molecule has 0 aliphatic carbocycles. The molecular weight excluding hydrogens is 222 g/mol. The molecule has 0 saturated carbocycles. The molecule has 3 rings (SSSR count). The quantitative estimate of drug-likeness (QED) is 0.704. The average Bonchev–Trinajstić information content (AvgIpc) is 2.41. The molecule has 2 N–H and O–H groups in total. The largest absolute Gasteiger partial charge is 0.383 e. The number of hydrogen-bond acceptors (Lipinski definition) is 3. The number of fused-ring (bicyclic) bond motifs is 1. The van der Waals surface area contributed by atoms with Crippen LogP contribution in [0.25, 0.3) is 22.3 Å². The van der Waals surface area contributed by atoms with Crippen LogP contribution in [0.1, 0.15) is 5.56 Å². The molecule has 0 saturated heterocycles. The van der Waals surface area contributed by atoms with Gasteiger partial charge in [0.25, 0.3) is 0 Å². The molecule has 0 aliphatic heterocycles. The van der Waals surface area contributed by atoms with Gasteiger partial charge in [-0.3, -0.25) is 0 Å². The monoisotopic (exact) mass is 235 g/mol. The van der Waals surface area contributed by atoms with Gasteiger partial charge in [-0.15, -0.1) is 0 Å². The van der Waals surface area contributed by atoms with E-state index in [1.807, 2.05) is 55.5 Å². The number of nitrogens with zero attached hydrogens (tertiary/aromatic N) is 2.